The van der Waals surface area contributed by atoms with Gasteiger partial charge in [-0.15, -0.1) is 11.3 Å². The molecule has 0 spiro atoms. The lowest BCUT2D eigenvalue weighted by Crippen LogP contribution is -2.60. The zero-order valence-corrected chi connectivity index (χ0v) is 35.9. The van der Waals surface area contributed by atoms with Crippen LogP contribution in [-0.4, -0.2) is 125 Å². The number of ether oxygens (including phenoxy) is 1. The van der Waals surface area contributed by atoms with Crippen LogP contribution < -0.4 is 10.7 Å². The summed E-state index contributed by atoms with van der Waals surface area (Å²) in [5.41, 5.74) is 10.1. The molecule has 6 heterocycles. The van der Waals surface area contributed by atoms with Crippen LogP contribution in [0.3, 0.4) is 0 Å². The SMILES string of the molecule is CCn1c(C2=C([C@H](C)OC)N=CC(N3CCN(C)CC3)C2)c2c3cc(ccc31)-c1csc(n1)C[C@H](NC(=O)[C@H]1C[C@@H]1C)C(=O)N1CCC[C@H](N1)[N+](=O)OCC(C)(C)C2. The number of hydrogen-bond acceptors (Lipinski definition) is 11. The summed E-state index contributed by atoms with van der Waals surface area (Å²) in [6, 6.07) is 5.93. The molecule has 5 aliphatic rings. The standard InChI is InChI=1S/C43H59N9O5S/c1-8-50-36-12-11-28-19-31(36)33(40(50)32-20-29(23-44-39(32)27(3)56-7)49-16-14-48(6)15-17-49)22-43(4,5)25-57-52(55)37-10-9-13-51(47-37)42(54)34(21-38-45-35(28)24-58-38)46-41(53)30-18-26(30)2/h11-12,19,23-24,26-27,29-30,34,37,47H,8-10,13-18,20-22,25H2,1-7H3/p+1/t26-,27-,29?,30-,34-,37+/m0/s1. The van der Waals surface area contributed by atoms with Gasteiger partial charge in [-0.2, -0.15) is 5.43 Å². The molecule has 1 saturated carbocycles. The van der Waals surface area contributed by atoms with Gasteiger partial charge < -0.3 is 19.5 Å². The van der Waals surface area contributed by atoms with E-state index in [4.69, 9.17) is 19.6 Å². The second-order valence-corrected chi connectivity index (χ2v) is 18.8. The van der Waals surface area contributed by atoms with Crippen molar-refractivity contribution in [1.29, 1.82) is 0 Å². The van der Waals surface area contributed by atoms with E-state index in [2.05, 4.69) is 84.3 Å². The number of benzene rings is 1. The van der Waals surface area contributed by atoms with Crippen molar-refractivity contribution in [2.24, 2.45) is 22.2 Å². The summed E-state index contributed by atoms with van der Waals surface area (Å²) in [4.78, 5) is 63.0. The Hall–Kier alpha value is -4.02. The molecule has 8 rings (SSSR count). The van der Waals surface area contributed by atoms with Crippen LogP contribution in [0.25, 0.3) is 27.7 Å². The van der Waals surface area contributed by atoms with Gasteiger partial charge in [-0.05, 0) is 70.2 Å². The van der Waals surface area contributed by atoms with E-state index >= 15 is 0 Å². The average molecular weight is 815 g/mol. The highest BCUT2D eigenvalue weighted by Gasteiger charge is 2.43. The molecule has 3 fully saturated rings. The van der Waals surface area contributed by atoms with E-state index in [1.807, 2.05) is 12.3 Å². The van der Waals surface area contributed by atoms with Crippen molar-refractivity contribution < 1.29 is 24.1 Å². The maximum atomic E-state index is 14.1. The van der Waals surface area contributed by atoms with Crippen molar-refractivity contribution in [3.63, 3.8) is 0 Å². The summed E-state index contributed by atoms with van der Waals surface area (Å²) in [7, 11) is 3.93. The number of rotatable bonds is 7. The van der Waals surface area contributed by atoms with Crippen LogP contribution in [0.4, 0.5) is 0 Å². The van der Waals surface area contributed by atoms with Crippen LogP contribution in [-0.2, 0) is 38.5 Å². The molecule has 312 valence electrons. The summed E-state index contributed by atoms with van der Waals surface area (Å²) in [5.74, 6) is -0.185. The maximum Gasteiger partial charge on any atom is 0.326 e. The molecule has 1 unspecified atom stereocenters. The average Bonchev–Trinajstić information content (AvgIpc) is 3.65. The summed E-state index contributed by atoms with van der Waals surface area (Å²) in [6.07, 6.45) is 4.81. The van der Waals surface area contributed by atoms with Crippen LogP contribution in [0.2, 0.25) is 0 Å². The van der Waals surface area contributed by atoms with Gasteiger partial charge in [0.15, 0.2) is 6.61 Å². The van der Waals surface area contributed by atoms with Crippen molar-refractivity contribution in [1.82, 2.24) is 35.1 Å². The Morgan fingerprint density at radius 1 is 1.19 bits per heavy atom. The molecule has 1 aliphatic carbocycles. The molecule has 3 aromatic rings. The Labute approximate surface area is 345 Å². The number of nitrogens with one attached hydrogen (secondary N) is 2. The molecular weight excluding hydrogens is 755 g/mol. The first-order valence-corrected chi connectivity index (χ1v) is 22.0. The summed E-state index contributed by atoms with van der Waals surface area (Å²) < 4.78 is 8.41. The number of hydrazine groups is 1. The predicted octanol–water partition coefficient (Wildman–Crippen LogP) is 5.05. The van der Waals surface area contributed by atoms with E-state index in [0.29, 0.717) is 36.6 Å². The van der Waals surface area contributed by atoms with E-state index in [-0.39, 0.29) is 42.9 Å². The fourth-order valence-electron chi connectivity index (χ4n) is 9.11. The van der Waals surface area contributed by atoms with E-state index < -0.39 is 17.6 Å². The lowest BCUT2D eigenvalue weighted by atomic mass is 9.83. The molecule has 4 aliphatic heterocycles. The number of fused-ring (bicyclic) bond motifs is 6. The van der Waals surface area contributed by atoms with Crippen LogP contribution in [0.5, 0.6) is 0 Å². The van der Waals surface area contributed by atoms with Crippen molar-refractivity contribution in [3.05, 3.63) is 50.4 Å². The number of carbonyl (C=O) groups is 2. The first kappa shape index (κ1) is 40.7. The van der Waals surface area contributed by atoms with Gasteiger partial charge >= 0.3 is 6.17 Å². The van der Waals surface area contributed by atoms with E-state index in [1.165, 1.54) is 27.5 Å². The molecule has 2 N–H and O–H groups in total. The summed E-state index contributed by atoms with van der Waals surface area (Å²) in [6.45, 7) is 16.0. The molecule has 15 heteroatoms. The number of likely N-dealkylation sites (N-methyl/N-ethyl adjacent to an activating group) is 1. The third-order valence-electron chi connectivity index (χ3n) is 12.8. The van der Waals surface area contributed by atoms with Crippen LogP contribution >= 0.6 is 11.3 Å². The maximum absolute atomic E-state index is 14.1. The van der Waals surface area contributed by atoms with Crippen molar-refractivity contribution in [2.75, 3.05) is 53.5 Å². The molecule has 14 nitrogen and oxygen atoms in total. The Morgan fingerprint density at radius 2 is 1.97 bits per heavy atom. The molecule has 6 atom stereocenters. The normalized spacial score (nSPS) is 27.7. The van der Waals surface area contributed by atoms with Crippen LogP contribution in [0, 0.1) is 22.2 Å². The quantitative estimate of drug-likeness (QED) is 0.336. The molecule has 58 heavy (non-hydrogen) atoms. The Balaban J connectivity index is 1.24. The number of aryl methyl sites for hydroxylation is 1. The minimum atomic E-state index is -0.829. The second kappa shape index (κ2) is 16.6. The number of amides is 2. The molecule has 2 saturated heterocycles. The van der Waals surface area contributed by atoms with Gasteiger partial charge in [0.05, 0.1) is 33.1 Å². The summed E-state index contributed by atoms with van der Waals surface area (Å²) in [5, 5.41) is 8.48. The number of carbonyl (C=O) groups excluding carboxylic acids is 2. The number of piperazine rings is 1. The third-order valence-corrected chi connectivity index (χ3v) is 13.7. The van der Waals surface area contributed by atoms with Gasteiger partial charge in [-0.1, -0.05) is 26.8 Å². The number of nitrogens with zero attached hydrogens (tertiary/aromatic N) is 7. The highest BCUT2D eigenvalue weighted by atomic mass is 32.1. The lowest BCUT2D eigenvalue weighted by Gasteiger charge is -2.38. The second-order valence-electron chi connectivity index (χ2n) is 17.8. The van der Waals surface area contributed by atoms with Crippen molar-refractivity contribution in [2.45, 2.75) is 104 Å². The first-order valence-electron chi connectivity index (χ1n) is 21.1. The third kappa shape index (κ3) is 8.25. The first-order chi connectivity index (χ1) is 27.8. The lowest BCUT2D eigenvalue weighted by molar-refractivity contribution is -0.835. The molecular formula is C43H60N9O5S+. The minimum absolute atomic E-state index is 0.0903. The highest BCUT2D eigenvalue weighted by molar-refractivity contribution is 7.10. The topological polar surface area (TPSA) is 137 Å². The Morgan fingerprint density at radius 3 is 2.69 bits per heavy atom. The zero-order chi connectivity index (χ0) is 40.9. The van der Waals surface area contributed by atoms with Gasteiger partial charge in [0.1, 0.15) is 6.04 Å². The van der Waals surface area contributed by atoms with Gasteiger partial charge in [-0.25, -0.2) is 9.82 Å². The van der Waals surface area contributed by atoms with Crippen LogP contribution in [0.1, 0.15) is 76.6 Å². The van der Waals surface area contributed by atoms with Gasteiger partial charge in [0.25, 0.3) is 5.91 Å². The van der Waals surface area contributed by atoms with Crippen LogP contribution in [0.15, 0.2) is 34.3 Å². The van der Waals surface area contributed by atoms with Crippen molar-refractivity contribution >= 4 is 45.8 Å². The Bertz CT molecular complexity index is 2120. The highest BCUT2D eigenvalue weighted by Crippen LogP contribution is 2.43. The number of aromatic nitrogens is 2. The van der Waals surface area contributed by atoms with E-state index in [1.54, 1.807) is 7.11 Å². The van der Waals surface area contributed by atoms with Crippen molar-refractivity contribution in [3.8, 4) is 11.3 Å². The largest absolute Gasteiger partial charge is 0.375 e. The molecule has 0 radical (unpaired) electrons. The molecule has 6 bridgehead atoms. The van der Waals surface area contributed by atoms with Gasteiger partial charge in [0.2, 0.25) is 10.8 Å². The number of aliphatic imine (C=N–C) groups is 1. The Kier molecular flexibility index (Phi) is 11.6. The zero-order valence-electron chi connectivity index (χ0n) is 35.1. The van der Waals surface area contributed by atoms with Gasteiger partial charge in [0, 0.05) is 110 Å². The molecule has 1 aromatic carbocycles. The smallest absolute Gasteiger partial charge is 0.326 e. The minimum Gasteiger partial charge on any atom is -0.375 e. The monoisotopic (exact) mass is 814 g/mol. The van der Waals surface area contributed by atoms with Gasteiger partial charge in [-0.3, -0.25) is 24.5 Å². The molecule has 2 aromatic heterocycles. The van der Waals surface area contributed by atoms with E-state index in [0.717, 1.165) is 84.1 Å². The fourth-order valence-corrected chi connectivity index (χ4v) is 9.96. The number of thiazole rings is 1. The molecule has 2 amide bonds. The predicted molar refractivity (Wildman–Crippen MR) is 226 cm³/mol. The summed E-state index contributed by atoms with van der Waals surface area (Å²) >= 11 is 1.50. The number of methoxy groups -OCH3 is 1. The number of hydrogen-bond donors (Lipinski definition) is 2. The fraction of sp³-hybridized carbons (Fsp3) is 0.628. The van der Waals surface area contributed by atoms with E-state index in [9.17, 15) is 14.5 Å².